The van der Waals surface area contributed by atoms with Gasteiger partial charge in [0.25, 0.3) is 11.7 Å². The lowest BCUT2D eigenvalue weighted by Gasteiger charge is -2.36. The Morgan fingerprint density at radius 3 is 2.67 bits per heavy atom. The van der Waals surface area contributed by atoms with Crippen LogP contribution in [0.3, 0.4) is 0 Å². The van der Waals surface area contributed by atoms with Crippen LogP contribution in [0.15, 0.2) is 29.2 Å². The van der Waals surface area contributed by atoms with Crippen molar-refractivity contribution in [3.63, 3.8) is 0 Å². The van der Waals surface area contributed by atoms with Crippen molar-refractivity contribution >= 4 is 35.3 Å². The van der Waals surface area contributed by atoms with Gasteiger partial charge in [-0.05, 0) is 43.0 Å². The van der Waals surface area contributed by atoms with E-state index in [2.05, 4.69) is 10.6 Å². The number of imide groups is 1. The second-order valence-electron chi connectivity index (χ2n) is 6.89. The summed E-state index contributed by atoms with van der Waals surface area (Å²) in [4.78, 5) is 38.7. The van der Waals surface area contributed by atoms with Crippen molar-refractivity contribution in [2.24, 2.45) is 5.92 Å². The normalized spacial score (nSPS) is 25.2. The fourth-order valence-electron chi connectivity index (χ4n) is 3.70. The Morgan fingerprint density at radius 1 is 1.33 bits per heavy atom. The average Bonchev–Trinajstić information content (AvgIpc) is 2.84. The Bertz CT molecular complexity index is 744. The second-order valence-corrected chi connectivity index (χ2v) is 7.95. The number of amides is 4. The number of carbonyl (C=O) groups excluding carboxylic acids is 3. The molecule has 27 heavy (non-hydrogen) atoms. The number of alkyl halides is 2. The molecule has 3 rings (SSSR count). The lowest BCUT2D eigenvalue weighted by Crippen LogP contribution is -2.54. The van der Waals surface area contributed by atoms with Crippen LogP contribution in [-0.4, -0.2) is 40.6 Å². The van der Waals surface area contributed by atoms with Crippen molar-refractivity contribution < 1.29 is 23.2 Å². The number of nitrogens with one attached hydrogen (secondary N) is 2. The molecule has 6 nitrogen and oxygen atoms in total. The fraction of sp³-hybridized carbons (Fsp3) is 0.500. The number of nitrogens with zero attached hydrogens (tertiary/aromatic N) is 1. The predicted octanol–water partition coefficient (Wildman–Crippen LogP) is 3.44. The van der Waals surface area contributed by atoms with E-state index in [0.29, 0.717) is 28.8 Å². The van der Waals surface area contributed by atoms with Crippen molar-refractivity contribution in [3.8, 4) is 0 Å². The van der Waals surface area contributed by atoms with Crippen LogP contribution >= 0.6 is 11.8 Å². The number of rotatable bonds is 5. The summed E-state index contributed by atoms with van der Waals surface area (Å²) >= 11 is 0.413. The van der Waals surface area contributed by atoms with Gasteiger partial charge in [-0.3, -0.25) is 14.5 Å². The van der Waals surface area contributed by atoms with Crippen LogP contribution < -0.4 is 10.6 Å². The van der Waals surface area contributed by atoms with Gasteiger partial charge in [-0.25, -0.2) is 4.79 Å². The number of halogens is 2. The van der Waals surface area contributed by atoms with Gasteiger partial charge in [0.15, 0.2) is 0 Å². The van der Waals surface area contributed by atoms with E-state index >= 15 is 0 Å². The predicted molar refractivity (Wildman–Crippen MR) is 97.5 cm³/mol. The summed E-state index contributed by atoms with van der Waals surface area (Å²) in [6.45, 7) is 1.56. The monoisotopic (exact) mass is 397 g/mol. The zero-order valence-corrected chi connectivity index (χ0v) is 15.7. The topological polar surface area (TPSA) is 78.5 Å². The molecule has 1 saturated carbocycles. The minimum absolute atomic E-state index is 0.0237. The van der Waals surface area contributed by atoms with E-state index < -0.39 is 23.2 Å². The summed E-state index contributed by atoms with van der Waals surface area (Å²) in [7, 11) is 0. The Hall–Kier alpha value is -2.16. The Balaban J connectivity index is 1.62. The standard InChI is InChI=1S/C18H21F2N3O3S/c1-11-4-2-3-9-18(11)15(25)23(17(26)22-18)10-14(24)21-12-5-7-13(8-6-12)27-16(19)20/h5-8,11,16H,2-4,9-10H2,1H3,(H,21,24)(H,22,26)/t11-,18-/m1/s1. The molecule has 1 aliphatic heterocycles. The lowest BCUT2D eigenvalue weighted by atomic mass is 9.73. The molecule has 1 aromatic carbocycles. The van der Waals surface area contributed by atoms with E-state index in [1.807, 2.05) is 6.92 Å². The number of hydrogen-bond donors (Lipinski definition) is 2. The molecule has 0 aromatic heterocycles. The van der Waals surface area contributed by atoms with E-state index in [4.69, 9.17) is 0 Å². The van der Waals surface area contributed by atoms with Gasteiger partial charge in [-0.1, -0.05) is 31.5 Å². The first-order valence-corrected chi connectivity index (χ1v) is 9.68. The molecule has 146 valence electrons. The van der Waals surface area contributed by atoms with E-state index in [-0.39, 0.29) is 18.4 Å². The van der Waals surface area contributed by atoms with Crippen LogP contribution in [0, 0.1) is 5.92 Å². The third kappa shape index (κ3) is 4.07. The van der Waals surface area contributed by atoms with Gasteiger partial charge in [0.1, 0.15) is 12.1 Å². The van der Waals surface area contributed by atoms with Gasteiger partial charge in [-0.15, -0.1) is 0 Å². The smallest absolute Gasteiger partial charge is 0.325 e. The summed E-state index contributed by atoms with van der Waals surface area (Å²) in [5, 5.41) is 5.38. The van der Waals surface area contributed by atoms with Crippen LogP contribution in [0.1, 0.15) is 32.6 Å². The SMILES string of the molecule is C[C@@H]1CCCC[C@@]12NC(=O)N(CC(=O)Nc1ccc(SC(F)F)cc1)C2=O. The summed E-state index contributed by atoms with van der Waals surface area (Å²) in [5.74, 6) is -3.36. The van der Waals surface area contributed by atoms with Crippen molar-refractivity contribution in [1.29, 1.82) is 0 Å². The molecule has 1 spiro atoms. The van der Waals surface area contributed by atoms with E-state index in [9.17, 15) is 23.2 Å². The number of thioether (sulfide) groups is 1. The Labute approximate surface area is 160 Å². The Morgan fingerprint density at radius 2 is 2.04 bits per heavy atom. The highest BCUT2D eigenvalue weighted by Gasteiger charge is 2.55. The maximum Gasteiger partial charge on any atom is 0.325 e. The van der Waals surface area contributed by atoms with Gasteiger partial charge < -0.3 is 10.6 Å². The third-order valence-corrected chi connectivity index (χ3v) is 5.89. The summed E-state index contributed by atoms with van der Waals surface area (Å²) in [6.07, 6.45) is 3.32. The van der Waals surface area contributed by atoms with Gasteiger partial charge >= 0.3 is 6.03 Å². The van der Waals surface area contributed by atoms with Gasteiger partial charge in [0, 0.05) is 10.6 Å². The van der Waals surface area contributed by atoms with Gasteiger partial charge in [0.05, 0.1) is 0 Å². The Kier molecular flexibility index (Phi) is 5.69. The average molecular weight is 397 g/mol. The molecule has 0 bridgehead atoms. The largest absolute Gasteiger partial charge is 0.325 e. The summed E-state index contributed by atoms with van der Waals surface area (Å²) < 4.78 is 24.7. The molecule has 1 aromatic rings. The highest BCUT2D eigenvalue weighted by atomic mass is 32.2. The quantitative estimate of drug-likeness (QED) is 0.589. The molecule has 4 amide bonds. The zero-order chi connectivity index (χ0) is 19.6. The minimum atomic E-state index is -2.51. The molecular formula is C18H21F2N3O3S. The molecule has 1 aliphatic carbocycles. The number of urea groups is 1. The fourth-order valence-corrected chi connectivity index (χ4v) is 4.20. The van der Waals surface area contributed by atoms with Crippen LogP contribution in [-0.2, 0) is 9.59 Å². The molecule has 9 heteroatoms. The first-order valence-electron chi connectivity index (χ1n) is 8.80. The van der Waals surface area contributed by atoms with E-state index in [0.717, 1.165) is 24.2 Å². The minimum Gasteiger partial charge on any atom is -0.325 e. The molecule has 2 atom stereocenters. The first-order chi connectivity index (χ1) is 12.8. The third-order valence-electron chi connectivity index (χ3n) is 5.17. The van der Waals surface area contributed by atoms with Crippen molar-refractivity contribution in [2.45, 2.75) is 48.8 Å². The number of hydrogen-bond acceptors (Lipinski definition) is 4. The molecule has 0 unspecified atom stereocenters. The zero-order valence-electron chi connectivity index (χ0n) is 14.8. The van der Waals surface area contributed by atoms with E-state index in [1.54, 1.807) is 0 Å². The number of carbonyl (C=O) groups is 3. The molecule has 1 heterocycles. The van der Waals surface area contributed by atoms with Gasteiger partial charge in [-0.2, -0.15) is 8.78 Å². The molecule has 2 N–H and O–H groups in total. The van der Waals surface area contributed by atoms with E-state index in [1.165, 1.54) is 24.3 Å². The highest BCUT2D eigenvalue weighted by molar-refractivity contribution is 7.99. The lowest BCUT2D eigenvalue weighted by molar-refractivity contribution is -0.136. The van der Waals surface area contributed by atoms with Crippen LogP contribution in [0.2, 0.25) is 0 Å². The molecule has 2 aliphatic rings. The molecule has 1 saturated heterocycles. The summed E-state index contributed by atoms with van der Waals surface area (Å²) in [5.41, 5.74) is -0.490. The number of benzene rings is 1. The molecule has 0 radical (unpaired) electrons. The van der Waals surface area contributed by atoms with Crippen LogP contribution in [0.4, 0.5) is 19.3 Å². The highest BCUT2D eigenvalue weighted by Crippen LogP contribution is 2.38. The van der Waals surface area contributed by atoms with Crippen LogP contribution in [0.5, 0.6) is 0 Å². The van der Waals surface area contributed by atoms with Crippen molar-refractivity contribution in [2.75, 3.05) is 11.9 Å². The second kappa shape index (κ2) is 7.84. The van der Waals surface area contributed by atoms with Crippen LogP contribution in [0.25, 0.3) is 0 Å². The van der Waals surface area contributed by atoms with Gasteiger partial charge in [0.2, 0.25) is 5.91 Å². The van der Waals surface area contributed by atoms with Crippen molar-refractivity contribution in [3.05, 3.63) is 24.3 Å². The molecular weight excluding hydrogens is 376 g/mol. The number of anilines is 1. The maximum atomic E-state index is 12.8. The van der Waals surface area contributed by atoms with Crippen molar-refractivity contribution in [1.82, 2.24) is 10.2 Å². The summed E-state index contributed by atoms with van der Waals surface area (Å²) in [6, 6.07) is 5.39. The molecule has 2 fully saturated rings. The maximum absolute atomic E-state index is 12.8. The first kappa shape index (κ1) is 19.6.